The van der Waals surface area contributed by atoms with Gasteiger partial charge in [-0.1, -0.05) is 38.5 Å². The molecule has 0 aliphatic heterocycles. The van der Waals surface area contributed by atoms with Gasteiger partial charge in [0, 0.05) is 0 Å². The standard InChI is InChI=1S/C12H17.2FH.Zr/c1-2-6-11(7-3-1)10-12-8-4-5-9-12;;;/h4-5,8-9,11H,1-3,6-7,10H2;2*1H;/q-1;;;+3/p-2. The van der Waals surface area contributed by atoms with Crippen LogP contribution in [-0.2, 0) is 32.6 Å². The SMILES string of the molecule is [F-].[F-].[Zr+3].c1cc[c-](CC2CCCCC2)c1. The van der Waals surface area contributed by atoms with Crippen LogP contribution in [0.5, 0.6) is 0 Å². The van der Waals surface area contributed by atoms with E-state index in [0.717, 1.165) is 5.92 Å². The Bertz CT molecular complexity index is 216. The smallest absolute Gasteiger partial charge is 1.00 e. The molecule has 0 aromatic heterocycles. The second kappa shape index (κ2) is 9.33. The molecule has 3 heteroatoms. The molecule has 0 unspecified atom stereocenters. The average Bonchev–Trinajstić information content (AvgIpc) is 2.59. The van der Waals surface area contributed by atoms with Gasteiger partial charge in [0.05, 0.1) is 0 Å². The first-order valence-corrected chi connectivity index (χ1v) is 5.16. The van der Waals surface area contributed by atoms with Gasteiger partial charge in [-0.3, -0.25) is 0 Å². The maximum Gasteiger partial charge on any atom is 3.00 e. The fraction of sp³-hybridized carbons (Fsp3) is 0.583. The molecule has 83 valence electrons. The third kappa shape index (κ3) is 5.65. The van der Waals surface area contributed by atoms with Crippen LogP contribution < -0.4 is 9.41 Å². The van der Waals surface area contributed by atoms with E-state index >= 15 is 0 Å². The van der Waals surface area contributed by atoms with Gasteiger partial charge in [-0.05, 0) is 5.92 Å². The summed E-state index contributed by atoms with van der Waals surface area (Å²) >= 11 is 0. The third-order valence-electron chi connectivity index (χ3n) is 2.98. The fourth-order valence-corrected chi connectivity index (χ4v) is 2.27. The van der Waals surface area contributed by atoms with E-state index in [-0.39, 0.29) is 35.6 Å². The molecule has 0 saturated heterocycles. The second-order valence-corrected chi connectivity index (χ2v) is 4.00. The van der Waals surface area contributed by atoms with Gasteiger partial charge in [-0.15, -0.1) is 0 Å². The van der Waals surface area contributed by atoms with Gasteiger partial charge in [0.2, 0.25) is 0 Å². The van der Waals surface area contributed by atoms with Crippen molar-refractivity contribution in [3.63, 3.8) is 0 Å². The minimum absolute atomic E-state index is 0. The van der Waals surface area contributed by atoms with Crippen molar-refractivity contribution in [2.75, 3.05) is 0 Å². The van der Waals surface area contributed by atoms with E-state index < -0.39 is 0 Å². The maximum absolute atomic E-state index is 2.26. The Kier molecular flexibility index (Phi) is 10.9. The fourth-order valence-electron chi connectivity index (χ4n) is 2.27. The quantitative estimate of drug-likeness (QED) is 0.530. The molecule has 1 fully saturated rings. The Hall–Kier alpha value is 0.0931. The summed E-state index contributed by atoms with van der Waals surface area (Å²) in [6.07, 6.45) is 8.65. The van der Waals surface area contributed by atoms with Gasteiger partial charge in [-0.25, -0.2) is 12.1 Å². The van der Waals surface area contributed by atoms with Crippen molar-refractivity contribution in [3.8, 4) is 0 Å². The molecule has 0 heterocycles. The van der Waals surface area contributed by atoms with E-state index in [1.54, 1.807) is 5.56 Å². The summed E-state index contributed by atoms with van der Waals surface area (Å²) in [5.74, 6) is 0.987. The Morgan fingerprint density at radius 3 is 2.00 bits per heavy atom. The van der Waals surface area contributed by atoms with Crippen LogP contribution in [0.1, 0.15) is 37.7 Å². The summed E-state index contributed by atoms with van der Waals surface area (Å²) in [7, 11) is 0. The number of rotatable bonds is 2. The summed E-state index contributed by atoms with van der Waals surface area (Å²) in [4.78, 5) is 0. The van der Waals surface area contributed by atoms with Crippen LogP contribution in [0.25, 0.3) is 0 Å². The van der Waals surface area contributed by atoms with Crippen molar-refractivity contribution < 1.29 is 35.6 Å². The van der Waals surface area contributed by atoms with E-state index in [0.29, 0.717) is 0 Å². The Labute approximate surface area is 110 Å². The van der Waals surface area contributed by atoms with Crippen LogP contribution in [-0.4, -0.2) is 0 Å². The van der Waals surface area contributed by atoms with E-state index in [1.807, 2.05) is 0 Å². The minimum Gasteiger partial charge on any atom is -1.00 e. The van der Waals surface area contributed by atoms with Gasteiger partial charge in [-0.2, -0.15) is 17.7 Å². The molecule has 0 spiro atoms. The molecule has 2 rings (SSSR count). The summed E-state index contributed by atoms with van der Waals surface area (Å²) in [5, 5.41) is 0. The molecule has 1 aliphatic rings. The summed E-state index contributed by atoms with van der Waals surface area (Å²) < 4.78 is 0. The topological polar surface area (TPSA) is 0 Å². The molecule has 0 atom stereocenters. The predicted molar refractivity (Wildman–Crippen MR) is 52.3 cm³/mol. The van der Waals surface area contributed by atoms with Crippen LogP contribution >= 0.6 is 0 Å². The first-order chi connectivity index (χ1) is 5.95. The van der Waals surface area contributed by atoms with E-state index in [1.165, 1.54) is 38.5 Å². The molecule has 0 amide bonds. The normalized spacial score (nSPS) is 15.7. The molecular weight excluding hydrogens is 273 g/mol. The molecule has 0 N–H and O–H groups in total. The molecule has 1 aliphatic carbocycles. The summed E-state index contributed by atoms with van der Waals surface area (Å²) in [5.41, 5.74) is 1.54. The number of hydrogen-bond donors (Lipinski definition) is 0. The Morgan fingerprint density at radius 2 is 1.47 bits per heavy atom. The van der Waals surface area contributed by atoms with Gasteiger partial charge in [0.15, 0.2) is 0 Å². The first kappa shape index (κ1) is 17.5. The molecular formula is C12H17F2Zr. The third-order valence-corrected chi connectivity index (χ3v) is 2.98. The first-order valence-electron chi connectivity index (χ1n) is 5.16. The van der Waals surface area contributed by atoms with Crippen LogP contribution in [0.4, 0.5) is 0 Å². The molecule has 1 aromatic rings. The second-order valence-electron chi connectivity index (χ2n) is 4.00. The van der Waals surface area contributed by atoms with Crippen molar-refractivity contribution in [2.24, 2.45) is 5.92 Å². The largest absolute Gasteiger partial charge is 3.00 e. The Morgan fingerprint density at radius 1 is 0.933 bits per heavy atom. The van der Waals surface area contributed by atoms with Crippen molar-refractivity contribution in [2.45, 2.75) is 38.5 Å². The van der Waals surface area contributed by atoms with E-state index in [2.05, 4.69) is 24.3 Å². The van der Waals surface area contributed by atoms with Crippen LogP contribution in [0.2, 0.25) is 0 Å². The molecule has 1 saturated carbocycles. The molecule has 1 aromatic carbocycles. The number of halogens is 2. The van der Waals surface area contributed by atoms with Crippen LogP contribution in [0.15, 0.2) is 24.3 Å². The van der Waals surface area contributed by atoms with Gasteiger partial charge in [0.1, 0.15) is 0 Å². The van der Waals surface area contributed by atoms with Crippen molar-refractivity contribution >= 4 is 0 Å². The van der Waals surface area contributed by atoms with Gasteiger partial charge >= 0.3 is 26.2 Å². The Balaban J connectivity index is 0. The van der Waals surface area contributed by atoms with Crippen molar-refractivity contribution in [3.05, 3.63) is 29.8 Å². The van der Waals surface area contributed by atoms with Gasteiger partial charge in [0.25, 0.3) is 0 Å². The monoisotopic (exact) mass is 289 g/mol. The zero-order valence-corrected chi connectivity index (χ0v) is 11.3. The minimum atomic E-state index is 0. The summed E-state index contributed by atoms with van der Waals surface area (Å²) in [6.45, 7) is 0. The van der Waals surface area contributed by atoms with E-state index in [4.69, 9.17) is 0 Å². The maximum atomic E-state index is 2.26. The van der Waals surface area contributed by atoms with Crippen LogP contribution in [0, 0.1) is 5.92 Å². The average molecular weight is 290 g/mol. The molecule has 15 heavy (non-hydrogen) atoms. The predicted octanol–water partition coefficient (Wildman–Crippen LogP) is -2.47. The zero-order chi connectivity index (χ0) is 8.23. The number of hydrogen-bond acceptors (Lipinski definition) is 0. The van der Waals surface area contributed by atoms with E-state index in [9.17, 15) is 0 Å². The van der Waals surface area contributed by atoms with Gasteiger partial charge < -0.3 is 9.41 Å². The summed E-state index contributed by atoms with van der Waals surface area (Å²) in [6, 6.07) is 8.82. The van der Waals surface area contributed by atoms with Crippen molar-refractivity contribution in [1.29, 1.82) is 0 Å². The van der Waals surface area contributed by atoms with Crippen LogP contribution in [0.3, 0.4) is 0 Å². The molecule has 0 bridgehead atoms. The molecule has 0 nitrogen and oxygen atoms in total. The molecule has 1 radical (unpaired) electrons. The van der Waals surface area contributed by atoms with Crippen molar-refractivity contribution in [1.82, 2.24) is 0 Å². The zero-order valence-electron chi connectivity index (χ0n) is 8.89.